The fourth-order valence-electron chi connectivity index (χ4n) is 2.73. The van der Waals surface area contributed by atoms with Crippen LogP contribution in [0.2, 0.25) is 0 Å². The van der Waals surface area contributed by atoms with Gasteiger partial charge in [0.25, 0.3) is 0 Å². The van der Waals surface area contributed by atoms with Crippen molar-refractivity contribution in [3.8, 4) is 11.1 Å². The number of nitrogens with two attached hydrogens (primary N) is 3. The van der Waals surface area contributed by atoms with Gasteiger partial charge in [-0.2, -0.15) is 0 Å². The second kappa shape index (κ2) is 6.90. The Balaban J connectivity index is 2.63. The number of nitrogens with zero attached hydrogens (tertiary/aromatic N) is 1. The monoisotopic (exact) mass is 298 g/mol. The summed E-state index contributed by atoms with van der Waals surface area (Å²) in [7, 11) is 0. The van der Waals surface area contributed by atoms with Crippen molar-refractivity contribution in [3.05, 3.63) is 46.8 Å². The van der Waals surface area contributed by atoms with Gasteiger partial charge in [-0.05, 0) is 36.0 Å². The Morgan fingerprint density at radius 1 is 1.05 bits per heavy atom. The number of aromatic nitrogens is 1. The summed E-state index contributed by atoms with van der Waals surface area (Å²) in [4.78, 5) is 4.68. The van der Waals surface area contributed by atoms with Gasteiger partial charge in [-0.15, -0.1) is 0 Å². The molecule has 0 saturated heterocycles. The zero-order chi connectivity index (χ0) is 16.3. The van der Waals surface area contributed by atoms with Crippen molar-refractivity contribution >= 4 is 5.69 Å². The highest BCUT2D eigenvalue weighted by Gasteiger charge is 2.17. The van der Waals surface area contributed by atoms with Gasteiger partial charge in [-0.25, -0.2) is 0 Å². The van der Waals surface area contributed by atoms with Crippen LogP contribution in [0.3, 0.4) is 0 Å². The van der Waals surface area contributed by atoms with Crippen LogP contribution < -0.4 is 17.2 Å². The molecule has 2 rings (SSSR count). The van der Waals surface area contributed by atoms with E-state index >= 15 is 0 Å². The Morgan fingerprint density at radius 3 is 2.18 bits per heavy atom. The zero-order valence-corrected chi connectivity index (χ0v) is 13.7. The van der Waals surface area contributed by atoms with Gasteiger partial charge in [0.15, 0.2) is 0 Å². The second-order valence-corrected chi connectivity index (χ2v) is 6.11. The number of benzene rings is 1. The molecule has 0 aliphatic heterocycles. The summed E-state index contributed by atoms with van der Waals surface area (Å²) in [5, 5.41) is 0. The van der Waals surface area contributed by atoms with Crippen LogP contribution in [0, 0.1) is 12.8 Å². The maximum absolute atomic E-state index is 6.32. The van der Waals surface area contributed by atoms with Crippen LogP contribution in [-0.4, -0.2) is 4.98 Å². The van der Waals surface area contributed by atoms with Crippen LogP contribution in [-0.2, 0) is 19.5 Å². The maximum atomic E-state index is 6.32. The van der Waals surface area contributed by atoms with Gasteiger partial charge in [0.2, 0.25) is 0 Å². The predicted molar refractivity (Wildman–Crippen MR) is 93.1 cm³/mol. The van der Waals surface area contributed by atoms with Crippen molar-refractivity contribution in [3.63, 3.8) is 0 Å². The average Bonchev–Trinajstić information content (AvgIpc) is 2.50. The van der Waals surface area contributed by atoms with Gasteiger partial charge < -0.3 is 17.2 Å². The van der Waals surface area contributed by atoms with E-state index in [1.54, 1.807) is 0 Å². The van der Waals surface area contributed by atoms with E-state index in [1.165, 1.54) is 0 Å². The highest BCUT2D eigenvalue weighted by Crippen LogP contribution is 2.34. The number of rotatable bonds is 5. The van der Waals surface area contributed by atoms with Crippen molar-refractivity contribution in [2.24, 2.45) is 17.4 Å². The summed E-state index contributed by atoms with van der Waals surface area (Å²) in [6.07, 6.45) is 0.904. The number of hydrogen-bond acceptors (Lipinski definition) is 4. The minimum absolute atomic E-state index is 0.438. The summed E-state index contributed by atoms with van der Waals surface area (Å²) in [5.41, 5.74) is 24.9. The van der Waals surface area contributed by atoms with E-state index < -0.39 is 0 Å². The van der Waals surface area contributed by atoms with Gasteiger partial charge in [0, 0.05) is 24.3 Å². The molecule has 4 heteroatoms. The van der Waals surface area contributed by atoms with Crippen molar-refractivity contribution in [1.82, 2.24) is 4.98 Å². The third-order valence-electron chi connectivity index (χ3n) is 3.90. The molecule has 4 nitrogen and oxygen atoms in total. The third-order valence-corrected chi connectivity index (χ3v) is 3.90. The molecule has 0 radical (unpaired) electrons. The lowest BCUT2D eigenvalue weighted by molar-refractivity contribution is 0.629. The molecule has 2 aromatic rings. The topological polar surface area (TPSA) is 90.9 Å². The number of aryl methyl sites for hydroxylation is 1. The molecule has 1 aromatic carbocycles. The van der Waals surface area contributed by atoms with Crippen LogP contribution in [0.15, 0.2) is 24.3 Å². The SMILES string of the molecule is Cc1nc(CC(C)C)c(CN)c(-c2ccc(CN)cc2)c1N. The first kappa shape index (κ1) is 16.5. The first-order chi connectivity index (χ1) is 10.5. The lowest BCUT2D eigenvalue weighted by Gasteiger charge is -2.19. The fourth-order valence-corrected chi connectivity index (χ4v) is 2.73. The van der Waals surface area contributed by atoms with Crippen LogP contribution in [0.5, 0.6) is 0 Å². The van der Waals surface area contributed by atoms with Gasteiger partial charge in [-0.3, -0.25) is 4.98 Å². The largest absolute Gasteiger partial charge is 0.397 e. The second-order valence-electron chi connectivity index (χ2n) is 6.11. The van der Waals surface area contributed by atoms with E-state index in [4.69, 9.17) is 17.2 Å². The summed E-state index contributed by atoms with van der Waals surface area (Å²) < 4.78 is 0. The van der Waals surface area contributed by atoms with Crippen molar-refractivity contribution in [1.29, 1.82) is 0 Å². The zero-order valence-electron chi connectivity index (χ0n) is 13.7. The lowest BCUT2D eigenvalue weighted by Crippen LogP contribution is -2.12. The fraction of sp³-hybridized carbons (Fsp3) is 0.389. The molecule has 0 saturated carbocycles. The van der Waals surface area contributed by atoms with E-state index in [0.29, 0.717) is 24.7 Å². The van der Waals surface area contributed by atoms with Gasteiger partial charge in [-0.1, -0.05) is 38.1 Å². The van der Waals surface area contributed by atoms with Crippen molar-refractivity contribution < 1.29 is 0 Å². The summed E-state index contributed by atoms with van der Waals surface area (Å²) in [6.45, 7) is 7.30. The standard InChI is InChI=1S/C18H26N4/c1-11(2)8-16-15(10-20)17(18(21)12(3)22-16)14-6-4-13(9-19)5-7-14/h4-7,11H,8-10,19-21H2,1-3H3. The maximum Gasteiger partial charge on any atom is 0.0613 e. The molecule has 6 N–H and O–H groups in total. The molecule has 1 heterocycles. The van der Waals surface area contributed by atoms with E-state index in [9.17, 15) is 0 Å². The summed E-state index contributed by atoms with van der Waals surface area (Å²) >= 11 is 0. The Hall–Kier alpha value is -1.91. The molecule has 0 aliphatic carbocycles. The summed E-state index contributed by atoms with van der Waals surface area (Å²) in [5.74, 6) is 0.522. The summed E-state index contributed by atoms with van der Waals surface area (Å²) in [6, 6.07) is 8.19. The highest BCUT2D eigenvalue weighted by molar-refractivity contribution is 5.81. The molecule has 0 spiro atoms. The van der Waals surface area contributed by atoms with Crippen LogP contribution in [0.4, 0.5) is 5.69 Å². The lowest BCUT2D eigenvalue weighted by atomic mass is 9.92. The molecular weight excluding hydrogens is 272 g/mol. The molecule has 1 aromatic heterocycles. The first-order valence-corrected chi connectivity index (χ1v) is 7.75. The Bertz CT molecular complexity index is 645. The van der Waals surface area contributed by atoms with Crippen LogP contribution in [0.25, 0.3) is 11.1 Å². The van der Waals surface area contributed by atoms with E-state index in [0.717, 1.165) is 40.1 Å². The van der Waals surface area contributed by atoms with Gasteiger partial charge >= 0.3 is 0 Å². The number of hydrogen-bond donors (Lipinski definition) is 3. The molecule has 118 valence electrons. The molecule has 0 fully saturated rings. The van der Waals surface area contributed by atoms with Crippen LogP contribution in [0.1, 0.15) is 36.4 Å². The Labute approximate surface area is 132 Å². The minimum atomic E-state index is 0.438. The number of pyridine rings is 1. The third kappa shape index (κ3) is 3.29. The molecule has 0 aliphatic rings. The first-order valence-electron chi connectivity index (χ1n) is 7.75. The Morgan fingerprint density at radius 2 is 1.68 bits per heavy atom. The average molecular weight is 298 g/mol. The quantitative estimate of drug-likeness (QED) is 0.791. The smallest absolute Gasteiger partial charge is 0.0613 e. The van der Waals surface area contributed by atoms with E-state index in [1.807, 2.05) is 19.1 Å². The minimum Gasteiger partial charge on any atom is -0.397 e. The van der Waals surface area contributed by atoms with E-state index in [2.05, 4.69) is 31.0 Å². The molecule has 22 heavy (non-hydrogen) atoms. The van der Waals surface area contributed by atoms with Crippen molar-refractivity contribution in [2.45, 2.75) is 40.3 Å². The molecule has 0 atom stereocenters. The molecule has 0 bridgehead atoms. The number of nitrogen functional groups attached to an aromatic ring is 1. The Kier molecular flexibility index (Phi) is 5.16. The molecular formula is C18H26N4. The van der Waals surface area contributed by atoms with Gasteiger partial charge in [0.05, 0.1) is 11.4 Å². The molecule has 0 unspecified atom stereocenters. The molecule has 0 amide bonds. The van der Waals surface area contributed by atoms with E-state index in [-0.39, 0.29) is 0 Å². The van der Waals surface area contributed by atoms with Crippen molar-refractivity contribution in [2.75, 3.05) is 5.73 Å². The van der Waals surface area contributed by atoms with Gasteiger partial charge in [0.1, 0.15) is 0 Å². The highest BCUT2D eigenvalue weighted by atomic mass is 14.8. The number of anilines is 1. The van der Waals surface area contributed by atoms with Crippen LogP contribution >= 0.6 is 0 Å². The normalized spacial score (nSPS) is 11.2. The predicted octanol–water partition coefficient (Wildman–Crippen LogP) is 2.76.